The molecular weight excluding hydrogens is 395 g/mol. The van der Waals surface area contributed by atoms with Crippen LogP contribution in [-0.4, -0.2) is 28.7 Å². The molecule has 0 aromatic heterocycles. The molecule has 0 heterocycles. The molecule has 0 unspecified atom stereocenters. The molecule has 0 bridgehead atoms. The van der Waals surface area contributed by atoms with E-state index in [1.54, 1.807) is 30.3 Å². The molecule has 0 N–H and O–H groups in total. The minimum absolute atomic E-state index is 0.0758. The summed E-state index contributed by atoms with van der Waals surface area (Å²) in [5, 5.41) is 1.31. The average molecular weight is 406 g/mol. The van der Waals surface area contributed by atoms with E-state index < -0.39 is 24.8 Å². The second-order valence-corrected chi connectivity index (χ2v) is 9.72. The molecule has 0 fully saturated rings. The molecule has 1 radical (unpaired) electrons. The fourth-order valence-electron chi connectivity index (χ4n) is 2.32. The first kappa shape index (κ1) is 16.3. The third-order valence-electron chi connectivity index (χ3n) is 3.37. The Morgan fingerprint density at radius 2 is 1.43 bits per heavy atom. The van der Waals surface area contributed by atoms with Gasteiger partial charge in [0.15, 0.2) is 0 Å². The van der Waals surface area contributed by atoms with Gasteiger partial charge in [0, 0.05) is 0 Å². The molecule has 3 rings (SSSR count). The Bertz CT molecular complexity index is 985. The summed E-state index contributed by atoms with van der Waals surface area (Å²) in [5.74, 6) is 0. The van der Waals surface area contributed by atoms with Gasteiger partial charge in [0.1, 0.15) is 0 Å². The number of fused-ring (bicyclic) bond motifs is 1. The number of hydrogen-bond donors (Lipinski definition) is 0. The van der Waals surface area contributed by atoms with Crippen molar-refractivity contribution in [3.8, 4) is 0 Å². The molecular formula is C17H11AsClO3S. The fraction of sp³-hybridized carbons (Fsp3) is 0. The zero-order valence-electron chi connectivity index (χ0n) is 11.8. The summed E-state index contributed by atoms with van der Waals surface area (Å²) in [6, 6.07) is 19.4. The van der Waals surface area contributed by atoms with Crippen LogP contribution in [0.1, 0.15) is 10.4 Å². The van der Waals surface area contributed by atoms with Gasteiger partial charge in [-0.1, -0.05) is 0 Å². The Balaban J connectivity index is 2.08. The van der Waals surface area contributed by atoms with Crippen LogP contribution in [0.2, 0.25) is 0 Å². The molecule has 0 aliphatic heterocycles. The van der Waals surface area contributed by atoms with Gasteiger partial charge < -0.3 is 0 Å². The Kier molecular flexibility index (Phi) is 4.58. The number of halogens is 1. The van der Waals surface area contributed by atoms with E-state index in [-0.39, 0.29) is 9.47 Å². The van der Waals surface area contributed by atoms with E-state index in [1.165, 1.54) is 6.07 Å². The van der Waals surface area contributed by atoms with Gasteiger partial charge in [-0.25, -0.2) is 0 Å². The summed E-state index contributed by atoms with van der Waals surface area (Å²) in [6.45, 7) is 0. The predicted molar refractivity (Wildman–Crippen MR) is 93.1 cm³/mol. The summed E-state index contributed by atoms with van der Waals surface area (Å²) < 4.78 is 24.4. The Labute approximate surface area is 145 Å². The molecule has 0 amide bonds. The first-order valence-corrected chi connectivity index (χ1v) is 10.9. The Hall–Kier alpha value is -1.61. The zero-order valence-corrected chi connectivity index (χ0v) is 15.3. The third kappa shape index (κ3) is 3.50. The van der Waals surface area contributed by atoms with Crippen molar-refractivity contribution >= 4 is 55.2 Å². The monoisotopic (exact) mass is 405 g/mol. The molecule has 0 spiro atoms. The van der Waals surface area contributed by atoms with E-state index in [2.05, 4.69) is 0 Å². The first-order chi connectivity index (χ1) is 11.0. The van der Waals surface area contributed by atoms with Gasteiger partial charge in [-0.3, -0.25) is 0 Å². The fourth-order valence-corrected chi connectivity index (χ4v) is 5.41. The van der Waals surface area contributed by atoms with E-state index in [0.29, 0.717) is 10.9 Å². The number of carbonyl (C=O) groups excluding carboxylic acids is 1. The van der Waals surface area contributed by atoms with Gasteiger partial charge in [-0.05, 0) is 0 Å². The van der Waals surface area contributed by atoms with Crippen LogP contribution in [0.25, 0.3) is 10.8 Å². The van der Waals surface area contributed by atoms with Crippen molar-refractivity contribution in [1.29, 1.82) is 0 Å². The van der Waals surface area contributed by atoms with Crippen LogP contribution in [-0.2, 0) is 9.05 Å². The summed E-state index contributed by atoms with van der Waals surface area (Å²) in [4.78, 5) is 12.5. The van der Waals surface area contributed by atoms with E-state index in [1.807, 2.05) is 30.3 Å². The number of benzene rings is 3. The van der Waals surface area contributed by atoms with Crippen LogP contribution in [0, 0.1) is 0 Å². The molecule has 0 aliphatic rings. The van der Waals surface area contributed by atoms with Gasteiger partial charge in [-0.2, -0.15) is 0 Å². The zero-order chi connectivity index (χ0) is 16.4. The number of carbonyl (C=O) groups is 1. The molecule has 3 aromatic rings. The van der Waals surface area contributed by atoms with E-state index >= 15 is 0 Å². The molecule has 6 heteroatoms. The van der Waals surface area contributed by atoms with Crippen LogP contribution in [0.15, 0.2) is 71.6 Å². The van der Waals surface area contributed by atoms with Crippen molar-refractivity contribution in [2.75, 3.05) is 0 Å². The summed E-state index contributed by atoms with van der Waals surface area (Å²) in [5.41, 5.74) is 0.672. The van der Waals surface area contributed by atoms with Gasteiger partial charge in [-0.15, -0.1) is 0 Å². The SMILES string of the molecule is O=C([As]c1ccc(S(=O)(=O)Cl)c2ccccc12)c1ccccc1. The number of rotatable bonds is 4. The molecule has 0 saturated carbocycles. The van der Waals surface area contributed by atoms with E-state index in [9.17, 15) is 13.2 Å². The summed E-state index contributed by atoms with van der Waals surface area (Å²) >= 11 is -0.774. The van der Waals surface area contributed by atoms with Gasteiger partial charge >= 0.3 is 146 Å². The van der Waals surface area contributed by atoms with Crippen molar-refractivity contribution in [1.82, 2.24) is 0 Å². The topological polar surface area (TPSA) is 51.2 Å². The van der Waals surface area contributed by atoms with Crippen molar-refractivity contribution in [2.24, 2.45) is 0 Å². The first-order valence-electron chi connectivity index (χ1n) is 6.74. The predicted octanol–water partition coefficient (Wildman–Crippen LogP) is 2.94. The van der Waals surface area contributed by atoms with Crippen LogP contribution < -0.4 is 4.35 Å². The molecule has 115 valence electrons. The maximum absolute atomic E-state index is 12.4. The van der Waals surface area contributed by atoms with Gasteiger partial charge in [0.25, 0.3) is 0 Å². The van der Waals surface area contributed by atoms with Gasteiger partial charge in [0.2, 0.25) is 0 Å². The Morgan fingerprint density at radius 3 is 2.09 bits per heavy atom. The van der Waals surface area contributed by atoms with E-state index in [4.69, 9.17) is 10.7 Å². The molecule has 0 atom stereocenters. The summed E-state index contributed by atoms with van der Waals surface area (Å²) in [7, 11) is 1.68. The molecule has 0 aliphatic carbocycles. The molecule has 3 nitrogen and oxygen atoms in total. The van der Waals surface area contributed by atoms with Crippen molar-refractivity contribution < 1.29 is 13.2 Å². The standard InChI is InChI=1S/C17H11AsClO3S/c19-23(21,22)16-11-10-15(13-8-4-5-9-14(13)16)18-17(20)12-6-2-1-3-7-12/h1-11H. The summed E-state index contributed by atoms with van der Waals surface area (Å²) in [6.07, 6.45) is 0. The number of hydrogen-bond acceptors (Lipinski definition) is 3. The minimum atomic E-state index is -3.83. The second-order valence-electron chi connectivity index (χ2n) is 4.85. The van der Waals surface area contributed by atoms with E-state index in [0.717, 1.165) is 9.74 Å². The molecule has 23 heavy (non-hydrogen) atoms. The Morgan fingerprint density at radius 1 is 0.826 bits per heavy atom. The second kappa shape index (κ2) is 6.48. The normalized spacial score (nSPS) is 12.0. The average Bonchev–Trinajstić information content (AvgIpc) is 2.55. The quantitative estimate of drug-likeness (QED) is 0.495. The van der Waals surface area contributed by atoms with Crippen LogP contribution in [0.5, 0.6) is 0 Å². The molecule has 3 aromatic carbocycles. The van der Waals surface area contributed by atoms with Crippen LogP contribution >= 0.6 is 10.7 Å². The maximum atomic E-state index is 12.4. The van der Waals surface area contributed by atoms with Crippen molar-refractivity contribution in [2.45, 2.75) is 4.90 Å². The van der Waals surface area contributed by atoms with Crippen molar-refractivity contribution in [3.63, 3.8) is 0 Å². The van der Waals surface area contributed by atoms with Crippen molar-refractivity contribution in [3.05, 3.63) is 72.3 Å². The van der Waals surface area contributed by atoms with Crippen LogP contribution in [0.4, 0.5) is 0 Å². The van der Waals surface area contributed by atoms with Crippen LogP contribution in [0.3, 0.4) is 0 Å². The van der Waals surface area contributed by atoms with Gasteiger partial charge in [0.05, 0.1) is 0 Å². The third-order valence-corrected chi connectivity index (χ3v) is 7.04. The molecule has 0 saturated heterocycles.